The number of anilines is 1. The van der Waals surface area contributed by atoms with Crippen molar-refractivity contribution < 1.29 is 9.21 Å². The minimum absolute atomic E-state index is 0.171. The third-order valence-corrected chi connectivity index (χ3v) is 4.61. The molecule has 0 fully saturated rings. The lowest BCUT2D eigenvalue weighted by molar-refractivity contribution is 0.102. The first kappa shape index (κ1) is 17.7. The fourth-order valence-corrected chi connectivity index (χ4v) is 3.21. The number of H-pyrrole nitrogens is 1. The second-order valence-corrected chi connectivity index (χ2v) is 8.15. The van der Waals surface area contributed by atoms with E-state index >= 15 is 0 Å². The molecule has 3 rings (SSSR count). The number of nitrogens with zero attached hydrogens (tertiary/aromatic N) is 2. The van der Waals surface area contributed by atoms with Crippen molar-refractivity contribution in [3.05, 3.63) is 40.0 Å². The summed E-state index contributed by atoms with van der Waals surface area (Å²) in [7, 11) is 0. The van der Waals surface area contributed by atoms with E-state index in [1.165, 1.54) is 0 Å². The van der Waals surface area contributed by atoms with Crippen LogP contribution in [-0.4, -0.2) is 21.1 Å². The molecule has 6 nitrogen and oxygen atoms in total. The number of fused-ring (bicyclic) bond motifs is 1. The SMILES string of the molecule is CC(C)c1[nH]nc(C(=O)Nc2ccc3oc(C(C)(C)C)nc3c2)c1Br. The maximum Gasteiger partial charge on any atom is 0.277 e. The van der Waals surface area contributed by atoms with Gasteiger partial charge in [0.1, 0.15) is 5.52 Å². The minimum Gasteiger partial charge on any atom is -0.440 e. The number of carbonyl (C=O) groups excluding carboxylic acids is 1. The molecule has 2 heterocycles. The number of hydrogen-bond acceptors (Lipinski definition) is 4. The smallest absolute Gasteiger partial charge is 0.277 e. The molecule has 3 aromatic rings. The van der Waals surface area contributed by atoms with Gasteiger partial charge in [-0.2, -0.15) is 5.10 Å². The second kappa shape index (κ2) is 6.29. The number of benzene rings is 1. The van der Waals surface area contributed by atoms with Gasteiger partial charge in [0.2, 0.25) is 5.89 Å². The van der Waals surface area contributed by atoms with Gasteiger partial charge in [-0.3, -0.25) is 9.89 Å². The number of aromatic amines is 1. The van der Waals surface area contributed by atoms with Gasteiger partial charge in [0.25, 0.3) is 5.91 Å². The van der Waals surface area contributed by atoms with E-state index in [9.17, 15) is 4.79 Å². The largest absolute Gasteiger partial charge is 0.440 e. The molecule has 2 N–H and O–H groups in total. The van der Waals surface area contributed by atoms with E-state index in [4.69, 9.17) is 4.42 Å². The van der Waals surface area contributed by atoms with E-state index in [0.717, 1.165) is 5.69 Å². The number of aromatic nitrogens is 3. The summed E-state index contributed by atoms with van der Waals surface area (Å²) in [5.41, 5.74) is 3.12. The van der Waals surface area contributed by atoms with E-state index in [-0.39, 0.29) is 17.2 Å². The first-order valence-electron chi connectivity index (χ1n) is 8.13. The fraction of sp³-hybridized carbons (Fsp3) is 0.389. The highest BCUT2D eigenvalue weighted by molar-refractivity contribution is 9.10. The number of halogens is 1. The Labute approximate surface area is 154 Å². The highest BCUT2D eigenvalue weighted by atomic mass is 79.9. The summed E-state index contributed by atoms with van der Waals surface area (Å²) in [5.74, 6) is 0.627. The minimum atomic E-state index is -0.283. The Bertz CT molecular complexity index is 934. The lowest BCUT2D eigenvalue weighted by Gasteiger charge is -2.11. The molecule has 2 aromatic heterocycles. The van der Waals surface area contributed by atoms with Crippen LogP contribution in [0.15, 0.2) is 27.1 Å². The molecule has 25 heavy (non-hydrogen) atoms. The van der Waals surface area contributed by atoms with Crippen molar-refractivity contribution in [1.82, 2.24) is 15.2 Å². The fourth-order valence-electron chi connectivity index (χ4n) is 2.39. The Balaban J connectivity index is 1.86. The van der Waals surface area contributed by atoms with Crippen LogP contribution in [0, 0.1) is 0 Å². The molecule has 0 spiro atoms. The Hall–Kier alpha value is -2.15. The highest BCUT2D eigenvalue weighted by Crippen LogP contribution is 2.29. The molecule has 0 aliphatic carbocycles. The molecule has 0 aliphatic heterocycles. The zero-order valence-electron chi connectivity index (χ0n) is 14.9. The Morgan fingerprint density at radius 1 is 1.32 bits per heavy atom. The van der Waals surface area contributed by atoms with Crippen molar-refractivity contribution in [3.8, 4) is 0 Å². The van der Waals surface area contributed by atoms with Crippen molar-refractivity contribution >= 4 is 38.6 Å². The first-order chi connectivity index (χ1) is 11.7. The van der Waals surface area contributed by atoms with Crippen molar-refractivity contribution in [1.29, 1.82) is 0 Å². The summed E-state index contributed by atoms with van der Waals surface area (Å²) >= 11 is 3.45. The molecule has 0 aliphatic rings. The molecular formula is C18H21BrN4O2. The zero-order chi connectivity index (χ0) is 18.4. The number of rotatable bonds is 3. The molecule has 1 aromatic carbocycles. The van der Waals surface area contributed by atoms with E-state index in [1.807, 2.05) is 40.7 Å². The third kappa shape index (κ3) is 3.46. The van der Waals surface area contributed by atoms with Crippen LogP contribution in [0.3, 0.4) is 0 Å². The van der Waals surface area contributed by atoms with Crippen LogP contribution in [0.25, 0.3) is 11.1 Å². The summed E-state index contributed by atoms with van der Waals surface area (Å²) in [6.45, 7) is 10.2. The van der Waals surface area contributed by atoms with Crippen LogP contribution in [0.1, 0.15) is 62.6 Å². The summed E-state index contributed by atoms with van der Waals surface area (Å²) in [6.07, 6.45) is 0. The van der Waals surface area contributed by atoms with Gasteiger partial charge in [-0.05, 0) is 40.0 Å². The molecule has 0 saturated carbocycles. The summed E-state index contributed by atoms with van der Waals surface area (Å²) in [5, 5.41) is 9.88. The topological polar surface area (TPSA) is 83.8 Å². The van der Waals surface area contributed by atoms with Gasteiger partial charge in [0.05, 0.1) is 10.2 Å². The van der Waals surface area contributed by atoms with Crippen LogP contribution in [0.2, 0.25) is 0 Å². The standard InChI is InChI=1S/C18H21BrN4O2/c1-9(2)14-13(19)15(23-22-14)16(24)20-10-6-7-12-11(8-10)21-17(25-12)18(3,4)5/h6-9H,1-5H3,(H,20,24)(H,22,23). The van der Waals surface area contributed by atoms with Gasteiger partial charge >= 0.3 is 0 Å². The van der Waals surface area contributed by atoms with E-state index in [2.05, 4.69) is 36.4 Å². The normalized spacial score (nSPS) is 12.1. The number of oxazole rings is 1. The molecule has 0 bridgehead atoms. The lowest BCUT2D eigenvalue weighted by Crippen LogP contribution is -2.13. The Morgan fingerprint density at radius 2 is 2.04 bits per heavy atom. The van der Waals surface area contributed by atoms with Gasteiger partial charge < -0.3 is 9.73 Å². The lowest BCUT2D eigenvalue weighted by atomic mass is 9.97. The highest BCUT2D eigenvalue weighted by Gasteiger charge is 2.22. The number of hydrogen-bond donors (Lipinski definition) is 2. The molecule has 0 saturated heterocycles. The maximum atomic E-state index is 12.5. The van der Waals surface area contributed by atoms with Crippen molar-refractivity contribution in [2.24, 2.45) is 0 Å². The molecular weight excluding hydrogens is 384 g/mol. The zero-order valence-corrected chi connectivity index (χ0v) is 16.5. The molecule has 0 radical (unpaired) electrons. The quantitative estimate of drug-likeness (QED) is 0.643. The van der Waals surface area contributed by atoms with Crippen LogP contribution in [0.4, 0.5) is 5.69 Å². The molecule has 0 unspecified atom stereocenters. The third-order valence-electron chi connectivity index (χ3n) is 3.81. The van der Waals surface area contributed by atoms with Crippen LogP contribution in [0.5, 0.6) is 0 Å². The molecule has 1 amide bonds. The van der Waals surface area contributed by atoms with Crippen LogP contribution in [-0.2, 0) is 5.41 Å². The monoisotopic (exact) mass is 404 g/mol. The van der Waals surface area contributed by atoms with Gasteiger partial charge in [-0.25, -0.2) is 4.98 Å². The average Bonchev–Trinajstić information content (AvgIpc) is 3.09. The molecule has 7 heteroatoms. The number of nitrogens with one attached hydrogen (secondary N) is 2. The van der Waals surface area contributed by atoms with E-state index in [1.54, 1.807) is 12.1 Å². The van der Waals surface area contributed by atoms with Crippen LogP contribution >= 0.6 is 15.9 Å². The first-order valence-corrected chi connectivity index (χ1v) is 8.92. The second-order valence-electron chi connectivity index (χ2n) is 7.36. The predicted molar refractivity (Wildman–Crippen MR) is 101 cm³/mol. The van der Waals surface area contributed by atoms with E-state index in [0.29, 0.717) is 32.8 Å². The molecule has 132 valence electrons. The average molecular weight is 405 g/mol. The summed E-state index contributed by atoms with van der Waals surface area (Å²) in [6, 6.07) is 5.41. The number of carbonyl (C=O) groups is 1. The van der Waals surface area contributed by atoms with E-state index < -0.39 is 0 Å². The van der Waals surface area contributed by atoms with Gasteiger partial charge in [-0.1, -0.05) is 34.6 Å². The Morgan fingerprint density at radius 3 is 2.64 bits per heavy atom. The van der Waals surface area contributed by atoms with Gasteiger partial charge in [0, 0.05) is 11.1 Å². The predicted octanol–water partition coefficient (Wildman–Crippen LogP) is 4.99. The molecule has 0 atom stereocenters. The Kier molecular flexibility index (Phi) is 4.45. The van der Waals surface area contributed by atoms with Gasteiger partial charge in [-0.15, -0.1) is 0 Å². The van der Waals surface area contributed by atoms with Crippen molar-refractivity contribution in [2.75, 3.05) is 5.32 Å². The van der Waals surface area contributed by atoms with Crippen molar-refractivity contribution in [3.63, 3.8) is 0 Å². The van der Waals surface area contributed by atoms with Crippen molar-refractivity contribution in [2.45, 2.75) is 46.0 Å². The van der Waals surface area contributed by atoms with Gasteiger partial charge in [0.15, 0.2) is 11.3 Å². The number of amides is 1. The maximum absolute atomic E-state index is 12.5. The summed E-state index contributed by atoms with van der Waals surface area (Å²) in [4.78, 5) is 17.0. The summed E-state index contributed by atoms with van der Waals surface area (Å²) < 4.78 is 6.47. The van der Waals surface area contributed by atoms with Crippen LogP contribution < -0.4 is 5.32 Å².